The maximum Gasteiger partial charge on any atom is 0.187 e. The molecule has 0 bridgehead atoms. The molecule has 9 unspecified atom stereocenters. The van der Waals surface area contributed by atoms with E-state index in [0.29, 0.717) is 65.9 Å². The van der Waals surface area contributed by atoms with Crippen molar-refractivity contribution in [2.24, 2.45) is 0 Å². The molecule has 0 aliphatic carbocycles. The standard InChI is InChI=1S/C26H50O10/c1-8-27-16-18-15-19(29-10-3)22(30-11-4)26(34-18)36-21-20(17-28-9-2)35-25(33-14-7)24(32-13-6)23(21)31-12-5/h18-26H,8-17H2,1-7H3. The highest BCUT2D eigenvalue weighted by molar-refractivity contribution is 4.95. The van der Waals surface area contributed by atoms with Gasteiger partial charge in [-0.3, -0.25) is 0 Å². The van der Waals surface area contributed by atoms with E-state index in [0.717, 1.165) is 0 Å². The van der Waals surface area contributed by atoms with Crippen LogP contribution in [0.1, 0.15) is 54.9 Å². The molecule has 0 aromatic heterocycles. The predicted octanol–water partition coefficient (Wildman–Crippen LogP) is 2.94. The molecule has 214 valence electrons. The quantitative estimate of drug-likeness (QED) is 0.268. The summed E-state index contributed by atoms with van der Waals surface area (Å²) < 4.78 is 61.3. The normalized spacial score (nSPS) is 35.2. The van der Waals surface area contributed by atoms with Crippen molar-refractivity contribution in [3.05, 3.63) is 0 Å². The van der Waals surface area contributed by atoms with Gasteiger partial charge in [-0.1, -0.05) is 0 Å². The highest BCUT2D eigenvalue weighted by atomic mass is 16.8. The first kappa shape index (κ1) is 31.8. The van der Waals surface area contributed by atoms with Crippen LogP contribution in [0.2, 0.25) is 0 Å². The van der Waals surface area contributed by atoms with Gasteiger partial charge in [0, 0.05) is 52.7 Å². The van der Waals surface area contributed by atoms with Crippen LogP contribution in [0.3, 0.4) is 0 Å². The Bertz CT molecular complexity index is 553. The average Bonchev–Trinajstić information content (AvgIpc) is 2.87. The van der Waals surface area contributed by atoms with E-state index in [1.165, 1.54) is 0 Å². The first-order valence-electron chi connectivity index (χ1n) is 13.8. The van der Waals surface area contributed by atoms with Crippen molar-refractivity contribution >= 4 is 0 Å². The highest BCUT2D eigenvalue weighted by Gasteiger charge is 2.51. The topological polar surface area (TPSA) is 92.3 Å². The summed E-state index contributed by atoms with van der Waals surface area (Å²) in [6, 6.07) is 0. The van der Waals surface area contributed by atoms with Crippen molar-refractivity contribution in [2.45, 2.75) is 110 Å². The molecule has 10 heteroatoms. The minimum atomic E-state index is -0.715. The third kappa shape index (κ3) is 9.11. The first-order valence-corrected chi connectivity index (χ1v) is 13.8. The predicted molar refractivity (Wildman–Crippen MR) is 133 cm³/mol. The van der Waals surface area contributed by atoms with E-state index in [-0.39, 0.29) is 12.2 Å². The Balaban J connectivity index is 2.37. The van der Waals surface area contributed by atoms with Gasteiger partial charge in [0.15, 0.2) is 12.6 Å². The molecule has 2 aliphatic heterocycles. The molecule has 2 saturated heterocycles. The van der Waals surface area contributed by atoms with Gasteiger partial charge in [-0.25, -0.2) is 0 Å². The summed E-state index contributed by atoms with van der Waals surface area (Å²) in [6.45, 7) is 18.1. The lowest BCUT2D eigenvalue weighted by atomic mass is 9.97. The second-order valence-corrected chi connectivity index (χ2v) is 8.53. The molecule has 0 radical (unpaired) electrons. The summed E-state index contributed by atoms with van der Waals surface area (Å²) in [5, 5.41) is 0. The van der Waals surface area contributed by atoms with Crippen molar-refractivity contribution < 1.29 is 47.4 Å². The molecule has 0 N–H and O–H groups in total. The molecule has 9 atom stereocenters. The molecule has 0 aromatic rings. The zero-order chi connectivity index (χ0) is 26.3. The maximum absolute atomic E-state index is 6.71. The number of hydrogen-bond donors (Lipinski definition) is 0. The van der Waals surface area contributed by atoms with Gasteiger partial charge in [0.25, 0.3) is 0 Å². The third-order valence-electron chi connectivity index (χ3n) is 6.12. The van der Waals surface area contributed by atoms with Gasteiger partial charge >= 0.3 is 0 Å². The fourth-order valence-electron chi connectivity index (χ4n) is 4.73. The van der Waals surface area contributed by atoms with E-state index in [4.69, 9.17) is 47.4 Å². The second-order valence-electron chi connectivity index (χ2n) is 8.53. The number of rotatable bonds is 18. The van der Waals surface area contributed by atoms with Crippen molar-refractivity contribution in [3.63, 3.8) is 0 Å². The zero-order valence-electron chi connectivity index (χ0n) is 23.3. The molecule has 0 spiro atoms. The SMILES string of the molecule is CCOCC1CC(OCC)C(OCC)C(OC2C(COCC)OC(OCC)C(OCC)C2OCC)O1. The van der Waals surface area contributed by atoms with Crippen LogP contribution < -0.4 is 0 Å². The van der Waals surface area contributed by atoms with Crippen molar-refractivity contribution in [1.82, 2.24) is 0 Å². The zero-order valence-corrected chi connectivity index (χ0v) is 23.3. The van der Waals surface area contributed by atoms with E-state index in [1.807, 2.05) is 48.5 Å². The summed E-state index contributed by atoms with van der Waals surface area (Å²) in [6.07, 6.45) is -3.42. The lowest BCUT2D eigenvalue weighted by molar-refractivity contribution is -0.362. The molecular weight excluding hydrogens is 472 g/mol. The van der Waals surface area contributed by atoms with Crippen LogP contribution in [0.5, 0.6) is 0 Å². The lowest BCUT2D eigenvalue weighted by Crippen LogP contribution is -2.64. The Labute approximate surface area is 217 Å². The van der Waals surface area contributed by atoms with Crippen LogP contribution >= 0.6 is 0 Å². The largest absolute Gasteiger partial charge is 0.379 e. The molecule has 10 nitrogen and oxygen atoms in total. The molecule has 0 saturated carbocycles. The fraction of sp³-hybridized carbons (Fsp3) is 1.00. The first-order chi connectivity index (χ1) is 17.6. The monoisotopic (exact) mass is 522 g/mol. The summed E-state index contributed by atoms with van der Waals surface area (Å²) in [4.78, 5) is 0. The Morgan fingerprint density at radius 3 is 1.72 bits per heavy atom. The van der Waals surface area contributed by atoms with Gasteiger partial charge in [-0.15, -0.1) is 0 Å². The lowest BCUT2D eigenvalue weighted by Gasteiger charge is -2.48. The molecule has 36 heavy (non-hydrogen) atoms. The molecule has 0 amide bonds. The van der Waals surface area contributed by atoms with E-state index >= 15 is 0 Å². The smallest absolute Gasteiger partial charge is 0.187 e. The minimum absolute atomic E-state index is 0.192. The average molecular weight is 523 g/mol. The van der Waals surface area contributed by atoms with Crippen LogP contribution in [-0.4, -0.2) is 115 Å². The maximum atomic E-state index is 6.71. The van der Waals surface area contributed by atoms with Crippen LogP contribution in [0.4, 0.5) is 0 Å². The summed E-state index contributed by atoms with van der Waals surface area (Å²) in [5.41, 5.74) is 0. The number of hydrogen-bond acceptors (Lipinski definition) is 10. The van der Waals surface area contributed by atoms with Crippen molar-refractivity contribution in [1.29, 1.82) is 0 Å². The van der Waals surface area contributed by atoms with Gasteiger partial charge in [-0.05, 0) is 48.5 Å². The van der Waals surface area contributed by atoms with E-state index in [1.54, 1.807) is 0 Å². The van der Waals surface area contributed by atoms with Gasteiger partial charge < -0.3 is 47.4 Å². The van der Waals surface area contributed by atoms with Crippen LogP contribution in [0.15, 0.2) is 0 Å². The molecule has 2 heterocycles. The summed E-state index contributed by atoms with van der Waals surface area (Å²) >= 11 is 0. The second kappa shape index (κ2) is 18.0. The van der Waals surface area contributed by atoms with E-state index < -0.39 is 43.1 Å². The van der Waals surface area contributed by atoms with Crippen LogP contribution in [-0.2, 0) is 47.4 Å². The molecule has 2 rings (SSSR count). The minimum Gasteiger partial charge on any atom is -0.379 e. The van der Waals surface area contributed by atoms with Gasteiger partial charge in [-0.2, -0.15) is 0 Å². The summed E-state index contributed by atoms with van der Waals surface area (Å²) in [7, 11) is 0. The Kier molecular flexibility index (Phi) is 15.9. The molecule has 0 aromatic carbocycles. The Hall–Kier alpha value is -0.400. The van der Waals surface area contributed by atoms with Crippen molar-refractivity contribution in [3.8, 4) is 0 Å². The van der Waals surface area contributed by atoms with Gasteiger partial charge in [0.05, 0.1) is 25.4 Å². The third-order valence-corrected chi connectivity index (χ3v) is 6.12. The van der Waals surface area contributed by atoms with Crippen LogP contribution in [0.25, 0.3) is 0 Å². The van der Waals surface area contributed by atoms with Gasteiger partial charge in [0.2, 0.25) is 0 Å². The Morgan fingerprint density at radius 1 is 0.528 bits per heavy atom. The number of ether oxygens (including phenoxy) is 10. The Morgan fingerprint density at radius 2 is 1.11 bits per heavy atom. The highest BCUT2D eigenvalue weighted by Crippen LogP contribution is 2.34. The van der Waals surface area contributed by atoms with Crippen LogP contribution in [0, 0.1) is 0 Å². The molecule has 2 aliphatic rings. The van der Waals surface area contributed by atoms with Gasteiger partial charge in [0.1, 0.15) is 30.5 Å². The molecule has 2 fully saturated rings. The van der Waals surface area contributed by atoms with E-state index in [2.05, 4.69) is 0 Å². The summed E-state index contributed by atoms with van der Waals surface area (Å²) in [5.74, 6) is 0. The fourth-order valence-corrected chi connectivity index (χ4v) is 4.73. The van der Waals surface area contributed by atoms with E-state index in [9.17, 15) is 0 Å². The van der Waals surface area contributed by atoms with Crippen molar-refractivity contribution in [2.75, 3.05) is 59.5 Å². The molecular formula is C26H50O10.